The third-order valence-corrected chi connectivity index (χ3v) is 3.80. The molecule has 0 aliphatic rings. The monoisotopic (exact) mass is 266 g/mol. The van der Waals surface area contributed by atoms with Crippen molar-refractivity contribution in [3.8, 4) is 0 Å². The molecule has 1 aromatic rings. The topological polar surface area (TPSA) is 29.3 Å². The Balaban J connectivity index is 2.98. The number of hydrogen-bond acceptors (Lipinski definition) is 2. The maximum absolute atomic E-state index is 13.5. The third kappa shape index (κ3) is 4.50. The standard InChI is InChI=1S/C16H27FN2/c1-5-7-12(3)19(4)16-9-8-14(17)10-13(16)11-15(18)6-2/h8-10,12,15H,5-7,11,18H2,1-4H3. The first-order valence-corrected chi connectivity index (χ1v) is 7.26. The molecule has 0 heterocycles. The summed E-state index contributed by atoms with van der Waals surface area (Å²) in [6.45, 7) is 6.45. The number of nitrogens with zero attached hydrogens (tertiary/aromatic N) is 1. The second-order valence-corrected chi connectivity index (χ2v) is 5.39. The molecular weight excluding hydrogens is 239 g/mol. The van der Waals surface area contributed by atoms with E-state index in [1.54, 1.807) is 6.07 Å². The van der Waals surface area contributed by atoms with Gasteiger partial charge < -0.3 is 10.6 Å². The highest BCUT2D eigenvalue weighted by molar-refractivity contribution is 5.54. The van der Waals surface area contributed by atoms with Gasteiger partial charge in [-0.25, -0.2) is 4.39 Å². The molecule has 1 rings (SSSR count). The summed E-state index contributed by atoms with van der Waals surface area (Å²) in [5.41, 5.74) is 8.13. The molecule has 0 aliphatic carbocycles. The number of benzene rings is 1. The highest BCUT2D eigenvalue weighted by Crippen LogP contribution is 2.25. The first kappa shape index (κ1) is 16.0. The van der Waals surface area contributed by atoms with Gasteiger partial charge in [0.1, 0.15) is 5.82 Å². The highest BCUT2D eigenvalue weighted by atomic mass is 19.1. The molecule has 108 valence electrons. The summed E-state index contributed by atoms with van der Waals surface area (Å²) in [6, 6.07) is 5.58. The molecule has 0 saturated heterocycles. The Hall–Kier alpha value is -1.09. The van der Waals surface area contributed by atoms with Gasteiger partial charge in [-0.05, 0) is 49.9 Å². The maximum Gasteiger partial charge on any atom is 0.123 e. The van der Waals surface area contributed by atoms with Crippen molar-refractivity contribution < 1.29 is 4.39 Å². The molecule has 2 N–H and O–H groups in total. The Morgan fingerprint density at radius 3 is 2.58 bits per heavy atom. The normalized spacial score (nSPS) is 14.2. The minimum Gasteiger partial charge on any atom is -0.372 e. The Morgan fingerprint density at radius 2 is 2.00 bits per heavy atom. The van der Waals surface area contributed by atoms with E-state index in [-0.39, 0.29) is 11.9 Å². The number of halogens is 1. The minimum absolute atomic E-state index is 0.0930. The third-order valence-electron chi connectivity index (χ3n) is 3.80. The lowest BCUT2D eigenvalue weighted by molar-refractivity contribution is 0.597. The number of anilines is 1. The zero-order valence-electron chi connectivity index (χ0n) is 12.6. The van der Waals surface area contributed by atoms with Crippen LogP contribution in [-0.4, -0.2) is 19.1 Å². The zero-order chi connectivity index (χ0) is 14.4. The minimum atomic E-state index is -0.182. The fourth-order valence-electron chi connectivity index (χ4n) is 2.34. The van der Waals surface area contributed by atoms with Gasteiger partial charge in [0.25, 0.3) is 0 Å². The average molecular weight is 266 g/mol. The van der Waals surface area contributed by atoms with Gasteiger partial charge in [0.15, 0.2) is 0 Å². The van der Waals surface area contributed by atoms with E-state index in [0.717, 1.165) is 36.9 Å². The van der Waals surface area contributed by atoms with Crippen LogP contribution in [-0.2, 0) is 6.42 Å². The van der Waals surface area contributed by atoms with Crippen LogP contribution in [0.5, 0.6) is 0 Å². The Bertz CT molecular complexity index is 392. The predicted molar refractivity (Wildman–Crippen MR) is 81.1 cm³/mol. The molecule has 0 saturated carbocycles. The van der Waals surface area contributed by atoms with Gasteiger partial charge in [-0.1, -0.05) is 20.3 Å². The van der Waals surface area contributed by atoms with Gasteiger partial charge in [-0.2, -0.15) is 0 Å². The quantitative estimate of drug-likeness (QED) is 0.814. The summed E-state index contributed by atoms with van der Waals surface area (Å²) >= 11 is 0. The molecule has 19 heavy (non-hydrogen) atoms. The van der Waals surface area contributed by atoms with Crippen LogP contribution in [0.1, 0.15) is 45.6 Å². The molecule has 2 nitrogen and oxygen atoms in total. The summed E-state index contributed by atoms with van der Waals surface area (Å²) in [5, 5.41) is 0. The van der Waals surface area contributed by atoms with Crippen molar-refractivity contribution in [3.05, 3.63) is 29.6 Å². The molecule has 0 bridgehead atoms. The van der Waals surface area contributed by atoms with Crippen LogP contribution in [0.3, 0.4) is 0 Å². The van der Waals surface area contributed by atoms with Crippen molar-refractivity contribution >= 4 is 5.69 Å². The van der Waals surface area contributed by atoms with Gasteiger partial charge in [0, 0.05) is 24.8 Å². The maximum atomic E-state index is 13.5. The summed E-state index contributed by atoms with van der Waals surface area (Å²) in [7, 11) is 2.08. The van der Waals surface area contributed by atoms with Crippen LogP contribution in [0.15, 0.2) is 18.2 Å². The van der Waals surface area contributed by atoms with Crippen molar-refractivity contribution in [2.75, 3.05) is 11.9 Å². The SMILES string of the molecule is CCCC(C)N(C)c1ccc(F)cc1CC(N)CC. The number of nitrogens with two attached hydrogens (primary N) is 1. The summed E-state index contributed by atoms with van der Waals surface area (Å²) in [5.74, 6) is -0.182. The largest absolute Gasteiger partial charge is 0.372 e. The molecule has 0 spiro atoms. The van der Waals surface area contributed by atoms with Crippen LogP contribution in [0.4, 0.5) is 10.1 Å². The fourth-order valence-corrected chi connectivity index (χ4v) is 2.34. The molecule has 0 aromatic heterocycles. The second kappa shape index (κ2) is 7.49. The Kier molecular flexibility index (Phi) is 6.29. The Labute approximate surface area is 116 Å². The fraction of sp³-hybridized carbons (Fsp3) is 0.625. The predicted octanol–water partition coefficient (Wildman–Crippen LogP) is 3.73. The molecule has 1 aromatic carbocycles. The first-order valence-electron chi connectivity index (χ1n) is 7.26. The number of hydrogen-bond donors (Lipinski definition) is 1. The van der Waals surface area contributed by atoms with E-state index in [2.05, 4.69) is 32.7 Å². The van der Waals surface area contributed by atoms with Crippen molar-refractivity contribution in [3.63, 3.8) is 0 Å². The second-order valence-electron chi connectivity index (χ2n) is 5.39. The van der Waals surface area contributed by atoms with Crippen molar-refractivity contribution in [2.45, 2.75) is 58.5 Å². The van der Waals surface area contributed by atoms with E-state index in [9.17, 15) is 4.39 Å². The molecule has 0 amide bonds. The number of rotatable bonds is 7. The van der Waals surface area contributed by atoms with Gasteiger partial charge in [0.2, 0.25) is 0 Å². The molecule has 3 heteroatoms. The van der Waals surface area contributed by atoms with E-state index in [4.69, 9.17) is 5.73 Å². The van der Waals surface area contributed by atoms with Crippen LogP contribution < -0.4 is 10.6 Å². The first-order chi connectivity index (χ1) is 8.99. The molecule has 2 unspecified atom stereocenters. The van der Waals surface area contributed by atoms with Crippen molar-refractivity contribution in [1.29, 1.82) is 0 Å². The average Bonchev–Trinajstić information content (AvgIpc) is 2.38. The lowest BCUT2D eigenvalue weighted by Gasteiger charge is -2.29. The van der Waals surface area contributed by atoms with Crippen LogP contribution >= 0.6 is 0 Å². The smallest absolute Gasteiger partial charge is 0.123 e. The highest BCUT2D eigenvalue weighted by Gasteiger charge is 2.15. The van der Waals surface area contributed by atoms with Gasteiger partial charge >= 0.3 is 0 Å². The van der Waals surface area contributed by atoms with Crippen molar-refractivity contribution in [2.24, 2.45) is 5.73 Å². The van der Waals surface area contributed by atoms with Crippen LogP contribution in [0.25, 0.3) is 0 Å². The summed E-state index contributed by atoms with van der Waals surface area (Å²) in [6.07, 6.45) is 3.92. The van der Waals surface area contributed by atoms with Gasteiger partial charge in [-0.3, -0.25) is 0 Å². The Morgan fingerprint density at radius 1 is 1.32 bits per heavy atom. The van der Waals surface area contributed by atoms with Crippen molar-refractivity contribution in [1.82, 2.24) is 0 Å². The molecule has 0 fully saturated rings. The lowest BCUT2D eigenvalue weighted by Crippen LogP contribution is -2.30. The van der Waals surface area contributed by atoms with E-state index in [1.165, 1.54) is 6.07 Å². The lowest BCUT2D eigenvalue weighted by atomic mass is 10.0. The van der Waals surface area contributed by atoms with E-state index >= 15 is 0 Å². The summed E-state index contributed by atoms with van der Waals surface area (Å²) < 4.78 is 13.5. The molecule has 0 radical (unpaired) electrons. The van der Waals surface area contributed by atoms with Crippen LogP contribution in [0, 0.1) is 5.82 Å². The molecule has 2 atom stereocenters. The molecule has 0 aliphatic heterocycles. The van der Waals surface area contributed by atoms with Crippen LogP contribution in [0.2, 0.25) is 0 Å². The molecular formula is C16H27FN2. The van der Waals surface area contributed by atoms with E-state index in [1.807, 2.05) is 6.07 Å². The van der Waals surface area contributed by atoms with E-state index in [0.29, 0.717) is 6.04 Å². The van der Waals surface area contributed by atoms with E-state index < -0.39 is 0 Å². The summed E-state index contributed by atoms with van der Waals surface area (Å²) in [4.78, 5) is 2.24. The van der Waals surface area contributed by atoms with Gasteiger partial charge in [0.05, 0.1) is 0 Å². The van der Waals surface area contributed by atoms with Gasteiger partial charge in [-0.15, -0.1) is 0 Å². The zero-order valence-corrected chi connectivity index (χ0v) is 12.6.